The van der Waals surface area contributed by atoms with E-state index in [2.05, 4.69) is 0 Å². The molecule has 1 fully saturated rings. The van der Waals surface area contributed by atoms with Crippen molar-refractivity contribution in [1.82, 2.24) is 4.90 Å². The number of methoxy groups -OCH3 is 1. The van der Waals surface area contributed by atoms with Gasteiger partial charge >= 0.3 is 5.97 Å². The van der Waals surface area contributed by atoms with Gasteiger partial charge in [-0.15, -0.1) is 11.8 Å². The topological polar surface area (TPSA) is 136 Å². The van der Waals surface area contributed by atoms with E-state index in [1.165, 1.54) is 17.0 Å². The highest BCUT2D eigenvalue weighted by molar-refractivity contribution is 8.00. The van der Waals surface area contributed by atoms with Crippen LogP contribution in [0.3, 0.4) is 0 Å². The van der Waals surface area contributed by atoms with Gasteiger partial charge in [-0.1, -0.05) is 78.4 Å². The van der Waals surface area contributed by atoms with Crippen LogP contribution in [0.25, 0.3) is 0 Å². The first kappa shape index (κ1) is 29.5. The van der Waals surface area contributed by atoms with Gasteiger partial charge in [-0.3, -0.25) is 14.2 Å². The molecule has 0 saturated carbocycles. The summed E-state index contributed by atoms with van der Waals surface area (Å²) >= 11 is 1.54. The number of hydrogen-bond donors (Lipinski definition) is 2. The Morgan fingerprint density at radius 1 is 1.02 bits per heavy atom. The maximum Gasteiger partial charge on any atom is 0.356 e. The van der Waals surface area contributed by atoms with Crippen LogP contribution >= 0.6 is 11.8 Å². The lowest BCUT2D eigenvalue weighted by Gasteiger charge is -2.48. The molecule has 2 heterocycles. The standard InChI is InChI=1S/C22H22N2O4S.C7H8O3S/c1-27-12-16-13-29-21-17(23)20(25)24(21)18(16)22(26)28-19(14-8-4-2-5-9-14)15-10-6-3-7-11-15;1-6-2-4-7(5-3-6)11(8,9)10/h2-11,17,19,21H,12-13,23H2,1H3;2-5H,1H3,(H,8,9,10)/t17?,21-;/m1./s1. The summed E-state index contributed by atoms with van der Waals surface area (Å²) in [7, 11) is -2.46. The lowest BCUT2D eigenvalue weighted by Crippen LogP contribution is -2.68. The Bertz CT molecular complexity index is 1440. The third kappa shape index (κ3) is 6.62. The minimum Gasteiger partial charge on any atom is -0.448 e. The molecule has 1 amide bonds. The summed E-state index contributed by atoms with van der Waals surface area (Å²) in [4.78, 5) is 27.1. The Balaban J connectivity index is 0.000000283. The predicted molar refractivity (Wildman–Crippen MR) is 152 cm³/mol. The van der Waals surface area contributed by atoms with Gasteiger partial charge in [-0.25, -0.2) is 4.79 Å². The number of hydrogen-bond acceptors (Lipinski definition) is 8. The van der Waals surface area contributed by atoms with Crippen molar-refractivity contribution in [1.29, 1.82) is 0 Å². The number of aryl methyl sites for hydroxylation is 1. The van der Waals surface area contributed by atoms with E-state index < -0.39 is 28.2 Å². The average Bonchev–Trinajstić information content (AvgIpc) is 2.96. The Morgan fingerprint density at radius 2 is 1.57 bits per heavy atom. The van der Waals surface area contributed by atoms with Crippen molar-refractivity contribution >= 4 is 33.8 Å². The van der Waals surface area contributed by atoms with E-state index in [1.54, 1.807) is 31.0 Å². The van der Waals surface area contributed by atoms with Gasteiger partial charge in [-0.2, -0.15) is 8.42 Å². The third-order valence-corrected chi connectivity index (χ3v) is 8.58. The quantitative estimate of drug-likeness (QED) is 0.243. The van der Waals surface area contributed by atoms with Crippen LogP contribution in [0.1, 0.15) is 22.8 Å². The molecule has 9 nitrogen and oxygen atoms in total. The minimum absolute atomic E-state index is 0.0666. The van der Waals surface area contributed by atoms with Gasteiger partial charge in [0, 0.05) is 12.9 Å². The van der Waals surface area contributed by atoms with Crippen LogP contribution in [0.15, 0.2) is 101 Å². The molecule has 5 rings (SSSR count). The highest BCUT2D eigenvalue weighted by atomic mass is 32.2. The van der Waals surface area contributed by atoms with E-state index in [-0.39, 0.29) is 28.5 Å². The van der Waals surface area contributed by atoms with Gasteiger partial charge in [0.05, 0.1) is 11.5 Å². The third-order valence-electron chi connectivity index (χ3n) is 6.35. The van der Waals surface area contributed by atoms with Gasteiger partial charge in [0.2, 0.25) is 5.91 Å². The highest BCUT2D eigenvalue weighted by Gasteiger charge is 2.52. The average molecular weight is 583 g/mol. The minimum atomic E-state index is -4.02. The molecule has 2 aliphatic rings. The van der Waals surface area contributed by atoms with Crippen molar-refractivity contribution in [3.05, 3.63) is 113 Å². The molecule has 210 valence electrons. The largest absolute Gasteiger partial charge is 0.448 e. The molecule has 3 aromatic rings. The fourth-order valence-electron chi connectivity index (χ4n) is 4.31. The molecule has 0 spiro atoms. The van der Waals surface area contributed by atoms with E-state index in [4.69, 9.17) is 19.8 Å². The molecule has 3 N–H and O–H groups in total. The molecule has 11 heteroatoms. The van der Waals surface area contributed by atoms with Crippen LogP contribution in [-0.4, -0.2) is 60.6 Å². The monoisotopic (exact) mass is 582 g/mol. The Kier molecular flexibility index (Phi) is 9.44. The van der Waals surface area contributed by atoms with Gasteiger partial charge in [-0.05, 0) is 35.8 Å². The molecule has 0 radical (unpaired) electrons. The van der Waals surface area contributed by atoms with Gasteiger partial charge in [0.25, 0.3) is 10.1 Å². The number of amides is 1. The van der Waals surface area contributed by atoms with Crippen molar-refractivity contribution in [3.8, 4) is 0 Å². The van der Waals surface area contributed by atoms with Crippen molar-refractivity contribution in [2.24, 2.45) is 5.73 Å². The summed E-state index contributed by atoms with van der Waals surface area (Å²) in [6.45, 7) is 2.10. The van der Waals surface area contributed by atoms with E-state index in [0.29, 0.717) is 5.75 Å². The van der Waals surface area contributed by atoms with E-state index in [0.717, 1.165) is 22.3 Å². The second kappa shape index (κ2) is 12.8. The van der Waals surface area contributed by atoms with Crippen LogP contribution in [-0.2, 0) is 29.2 Å². The lowest BCUT2D eigenvalue weighted by molar-refractivity contribution is -0.153. The maximum absolute atomic E-state index is 13.3. The lowest BCUT2D eigenvalue weighted by atomic mass is 10.0. The first-order valence-corrected chi connectivity index (χ1v) is 14.9. The summed E-state index contributed by atoms with van der Waals surface area (Å²) in [5.41, 5.74) is 9.59. The fraction of sp³-hybridized carbons (Fsp3) is 0.241. The summed E-state index contributed by atoms with van der Waals surface area (Å²) in [6.07, 6.45) is -0.584. The number of carbonyl (C=O) groups excluding carboxylic acids is 2. The molecule has 1 unspecified atom stereocenters. The summed E-state index contributed by atoms with van der Waals surface area (Å²) in [5.74, 6) is -0.235. The summed E-state index contributed by atoms with van der Waals surface area (Å²) in [6, 6.07) is 24.5. The van der Waals surface area contributed by atoms with Crippen LogP contribution in [0.4, 0.5) is 0 Å². The number of rotatable bonds is 7. The molecule has 3 aromatic carbocycles. The zero-order valence-electron chi connectivity index (χ0n) is 22.0. The van der Waals surface area contributed by atoms with E-state index in [9.17, 15) is 18.0 Å². The molecule has 0 aliphatic carbocycles. The Labute approximate surface area is 237 Å². The second-order valence-electron chi connectivity index (χ2n) is 9.22. The Hall–Kier alpha value is -3.48. The number of nitrogens with two attached hydrogens (primary N) is 1. The summed E-state index contributed by atoms with van der Waals surface area (Å²) < 4.78 is 40.8. The fourth-order valence-corrected chi connectivity index (χ4v) is 6.07. The number of fused-ring (bicyclic) bond motifs is 1. The van der Waals surface area contributed by atoms with E-state index in [1.807, 2.05) is 67.6 Å². The number of nitrogens with zero attached hydrogens (tertiary/aromatic N) is 1. The van der Waals surface area contributed by atoms with Crippen molar-refractivity contribution in [2.75, 3.05) is 19.5 Å². The molecule has 0 aromatic heterocycles. The number of β-lactam (4-membered cyclic amide) rings is 1. The normalized spacial score (nSPS) is 18.4. The molecule has 0 bridgehead atoms. The van der Waals surface area contributed by atoms with Crippen LogP contribution in [0.2, 0.25) is 0 Å². The molecular weight excluding hydrogens is 552 g/mol. The first-order chi connectivity index (χ1) is 19.1. The smallest absolute Gasteiger partial charge is 0.356 e. The zero-order valence-corrected chi connectivity index (χ0v) is 23.6. The van der Waals surface area contributed by atoms with E-state index >= 15 is 0 Å². The van der Waals surface area contributed by atoms with Gasteiger partial charge in [0.15, 0.2) is 6.10 Å². The second-order valence-corrected chi connectivity index (χ2v) is 11.7. The van der Waals surface area contributed by atoms with Gasteiger partial charge in [0.1, 0.15) is 17.1 Å². The zero-order chi connectivity index (χ0) is 28.9. The number of benzene rings is 3. The number of thioether (sulfide) groups is 1. The molecule has 2 aliphatic heterocycles. The van der Waals surface area contributed by atoms with Crippen LogP contribution in [0, 0.1) is 6.92 Å². The molecule has 2 atom stereocenters. The molecule has 1 saturated heterocycles. The van der Waals surface area contributed by atoms with Crippen LogP contribution < -0.4 is 5.73 Å². The molecule has 40 heavy (non-hydrogen) atoms. The maximum atomic E-state index is 13.3. The van der Waals surface area contributed by atoms with Crippen molar-refractivity contribution in [3.63, 3.8) is 0 Å². The van der Waals surface area contributed by atoms with Crippen LogP contribution in [0.5, 0.6) is 0 Å². The number of ether oxygens (including phenoxy) is 2. The first-order valence-electron chi connectivity index (χ1n) is 12.4. The Morgan fingerprint density at radius 3 is 2.08 bits per heavy atom. The van der Waals surface area contributed by atoms with Crippen molar-refractivity contribution in [2.45, 2.75) is 29.3 Å². The molecular formula is C29H30N2O7S2. The highest BCUT2D eigenvalue weighted by Crippen LogP contribution is 2.40. The van der Waals surface area contributed by atoms with Gasteiger partial charge < -0.3 is 15.2 Å². The predicted octanol–water partition coefficient (Wildman–Crippen LogP) is 3.70. The summed E-state index contributed by atoms with van der Waals surface area (Å²) in [5, 5.41) is -0.238. The SMILES string of the molecule is COCC1=C(C(=O)OC(c2ccccc2)c2ccccc2)N2C(=O)C(N)[C@H]2SC1.Cc1ccc(S(=O)(=O)O)cc1. The number of carbonyl (C=O) groups is 2. The number of esters is 1. The van der Waals surface area contributed by atoms with Crippen molar-refractivity contribution < 1.29 is 32.0 Å².